The SMILES string of the molecule is N=C/C(=C\N)[C@@H]1[C@@H](C(=O)Nc2ccc(F)c(OC(F)(F)F)c2)c2ccccc2C(=O)N1CC(F)(F)F. The predicted octanol–water partition coefficient (Wildman–Crippen LogP) is 4.33. The largest absolute Gasteiger partial charge is 0.573 e. The number of hydrogen-bond donors (Lipinski definition) is 3. The number of nitrogens with one attached hydrogen (secondary N) is 2. The van der Waals surface area contributed by atoms with Crippen molar-refractivity contribution in [3.8, 4) is 5.75 Å². The molecule has 192 valence electrons. The van der Waals surface area contributed by atoms with Gasteiger partial charge in [-0.15, -0.1) is 13.2 Å². The Bertz CT molecular complexity index is 1210. The average molecular weight is 518 g/mol. The van der Waals surface area contributed by atoms with Crippen molar-refractivity contribution >= 4 is 23.7 Å². The average Bonchev–Trinajstić information content (AvgIpc) is 2.77. The molecule has 0 fully saturated rings. The lowest BCUT2D eigenvalue weighted by Crippen LogP contribution is -2.55. The molecule has 4 N–H and O–H groups in total. The molecule has 14 heteroatoms. The van der Waals surface area contributed by atoms with E-state index in [-0.39, 0.29) is 22.4 Å². The minimum absolute atomic E-state index is 0.00139. The summed E-state index contributed by atoms with van der Waals surface area (Å²) in [5.41, 5.74) is 4.59. The highest BCUT2D eigenvalue weighted by molar-refractivity contribution is 6.06. The summed E-state index contributed by atoms with van der Waals surface area (Å²) >= 11 is 0. The number of halogens is 7. The van der Waals surface area contributed by atoms with Crippen LogP contribution in [-0.4, -0.2) is 48.1 Å². The zero-order valence-electron chi connectivity index (χ0n) is 18.0. The second-order valence-corrected chi connectivity index (χ2v) is 7.55. The van der Waals surface area contributed by atoms with Gasteiger partial charge in [-0.05, 0) is 23.8 Å². The highest BCUT2D eigenvalue weighted by Gasteiger charge is 2.48. The molecule has 2 amide bonds. The van der Waals surface area contributed by atoms with Crippen LogP contribution in [0.15, 0.2) is 54.2 Å². The molecule has 0 aliphatic carbocycles. The molecule has 2 atom stereocenters. The third-order valence-electron chi connectivity index (χ3n) is 5.20. The quantitative estimate of drug-likeness (QED) is 0.391. The Morgan fingerprint density at radius 2 is 1.81 bits per heavy atom. The Morgan fingerprint density at radius 1 is 1.14 bits per heavy atom. The first-order valence-electron chi connectivity index (χ1n) is 10.0. The highest BCUT2D eigenvalue weighted by atomic mass is 19.4. The Hall–Kier alpha value is -4.10. The number of benzene rings is 2. The van der Waals surface area contributed by atoms with Crippen LogP contribution in [0.25, 0.3) is 0 Å². The van der Waals surface area contributed by atoms with Gasteiger partial charge in [-0.2, -0.15) is 13.2 Å². The smallest absolute Gasteiger partial charge is 0.404 e. The topological polar surface area (TPSA) is 109 Å². The fourth-order valence-corrected chi connectivity index (χ4v) is 3.85. The summed E-state index contributed by atoms with van der Waals surface area (Å²) in [6.45, 7) is -1.78. The van der Waals surface area contributed by atoms with Crippen LogP contribution in [0.2, 0.25) is 0 Å². The van der Waals surface area contributed by atoms with Gasteiger partial charge in [-0.3, -0.25) is 9.59 Å². The minimum atomic E-state index is -5.24. The lowest BCUT2D eigenvalue weighted by molar-refractivity contribution is -0.275. The Labute approximate surface area is 198 Å². The Morgan fingerprint density at radius 3 is 2.39 bits per heavy atom. The van der Waals surface area contributed by atoms with E-state index in [2.05, 4.69) is 10.1 Å². The predicted molar refractivity (Wildman–Crippen MR) is 113 cm³/mol. The van der Waals surface area contributed by atoms with Gasteiger partial charge in [-0.25, -0.2) is 4.39 Å². The summed E-state index contributed by atoms with van der Waals surface area (Å²) in [6, 6.07) is 5.67. The summed E-state index contributed by atoms with van der Waals surface area (Å²) in [7, 11) is 0. The van der Waals surface area contributed by atoms with E-state index >= 15 is 0 Å². The molecule has 0 spiro atoms. The highest BCUT2D eigenvalue weighted by Crippen LogP contribution is 2.39. The summed E-state index contributed by atoms with van der Waals surface area (Å²) in [6.07, 6.45) is -8.76. The molecule has 2 aromatic rings. The number of amides is 2. The summed E-state index contributed by atoms with van der Waals surface area (Å²) in [4.78, 5) is 26.7. The van der Waals surface area contributed by atoms with E-state index in [9.17, 15) is 40.3 Å². The zero-order chi connectivity index (χ0) is 26.8. The van der Waals surface area contributed by atoms with Crippen molar-refractivity contribution in [3.63, 3.8) is 0 Å². The first-order chi connectivity index (χ1) is 16.8. The van der Waals surface area contributed by atoms with Crippen LogP contribution >= 0.6 is 0 Å². The molecule has 2 aromatic carbocycles. The van der Waals surface area contributed by atoms with E-state index in [1.54, 1.807) is 0 Å². The van der Waals surface area contributed by atoms with Crippen molar-refractivity contribution < 1.29 is 45.1 Å². The van der Waals surface area contributed by atoms with Crippen LogP contribution in [0.5, 0.6) is 5.75 Å². The number of anilines is 1. The van der Waals surface area contributed by atoms with Crippen molar-refractivity contribution in [2.24, 2.45) is 5.73 Å². The summed E-state index contributed by atoms with van der Waals surface area (Å²) in [5.74, 6) is -6.34. The van der Waals surface area contributed by atoms with E-state index in [4.69, 9.17) is 11.1 Å². The van der Waals surface area contributed by atoms with Gasteiger partial charge < -0.3 is 26.1 Å². The summed E-state index contributed by atoms with van der Waals surface area (Å²) in [5, 5.41) is 9.79. The molecule has 0 unspecified atom stereocenters. The summed E-state index contributed by atoms with van der Waals surface area (Å²) < 4.78 is 95.2. The maximum absolute atomic E-state index is 13.8. The van der Waals surface area contributed by atoms with Crippen molar-refractivity contribution in [1.82, 2.24) is 4.90 Å². The maximum atomic E-state index is 13.8. The number of alkyl halides is 6. The molecule has 0 saturated heterocycles. The van der Waals surface area contributed by atoms with E-state index < -0.39 is 54.4 Å². The first kappa shape index (κ1) is 26.5. The normalized spacial score (nSPS) is 18.5. The van der Waals surface area contributed by atoms with Gasteiger partial charge in [0, 0.05) is 35.3 Å². The van der Waals surface area contributed by atoms with Crippen molar-refractivity contribution in [2.75, 3.05) is 11.9 Å². The lowest BCUT2D eigenvalue weighted by atomic mass is 9.79. The van der Waals surface area contributed by atoms with E-state index in [0.29, 0.717) is 23.2 Å². The Balaban J connectivity index is 2.10. The second-order valence-electron chi connectivity index (χ2n) is 7.55. The number of nitrogens with zero attached hydrogens (tertiary/aromatic N) is 1. The fraction of sp³-hybridized carbons (Fsp3) is 0.227. The van der Waals surface area contributed by atoms with Crippen molar-refractivity contribution in [1.29, 1.82) is 5.41 Å². The van der Waals surface area contributed by atoms with E-state index in [1.165, 1.54) is 24.3 Å². The molecule has 0 radical (unpaired) electrons. The van der Waals surface area contributed by atoms with E-state index in [1.807, 2.05) is 0 Å². The standard InChI is InChI=1S/C22H17F7N4O3/c23-15-6-5-12(7-16(15)36-22(27,28)29)32-19(34)17-13-3-1-2-4-14(13)20(35)33(10-21(24,25)26)18(17)11(8-30)9-31/h1-9,17-18,30H,10,31H2,(H,32,34)/b11-9+,30-8?/t17-,18+/m0/s1. The molecule has 7 nitrogen and oxygen atoms in total. The maximum Gasteiger partial charge on any atom is 0.573 e. The molecule has 3 rings (SSSR count). The van der Waals surface area contributed by atoms with Crippen molar-refractivity contribution in [2.45, 2.75) is 24.5 Å². The lowest BCUT2D eigenvalue weighted by Gasteiger charge is -2.42. The van der Waals surface area contributed by atoms with Crippen LogP contribution in [0.3, 0.4) is 0 Å². The molecule has 1 aliphatic heterocycles. The van der Waals surface area contributed by atoms with Crippen LogP contribution in [0.1, 0.15) is 21.8 Å². The molecule has 1 heterocycles. The van der Waals surface area contributed by atoms with Crippen LogP contribution in [0, 0.1) is 11.2 Å². The number of nitrogens with two attached hydrogens (primary N) is 1. The second kappa shape index (κ2) is 9.87. The number of carbonyl (C=O) groups is 2. The van der Waals surface area contributed by atoms with Gasteiger partial charge in [0.15, 0.2) is 11.6 Å². The van der Waals surface area contributed by atoms with Gasteiger partial charge in [0.25, 0.3) is 5.91 Å². The molecular weight excluding hydrogens is 501 g/mol. The monoisotopic (exact) mass is 518 g/mol. The number of hydrogen-bond acceptors (Lipinski definition) is 5. The molecule has 0 aromatic heterocycles. The van der Waals surface area contributed by atoms with E-state index in [0.717, 1.165) is 12.3 Å². The Kier molecular flexibility index (Phi) is 7.27. The number of carbonyl (C=O) groups excluding carboxylic acids is 2. The number of fused-ring (bicyclic) bond motifs is 1. The molecule has 1 aliphatic rings. The zero-order valence-corrected chi connectivity index (χ0v) is 18.0. The number of rotatable bonds is 6. The first-order valence-corrected chi connectivity index (χ1v) is 10.0. The fourth-order valence-electron chi connectivity index (χ4n) is 3.85. The molecular formula is C22H17F7N4O3. The third-order valence-corrected chi connectivity index (χ3v) is 5.20. The van der Waals surface area contributed by atoms with Crippen LogP contribution in [0.4, 0.5) is 36.4 Å². The van der Waals surface area contributed by atoms with Gasteiger partial charge >= 0.3 is 12.5 Å². The van der Waals surface area contributed by atoms with Crippen LogP contribution in [-0.2, 0) is 4.79 Å². The third kappa shape index (κ3) is 5.75. The number of ether oxygens (including phenoxy) is 1. The van der Waals surface area contributed by atoms with Gasteiger partial charge in [0.1, 0.15) is 6.54 Å². The van der Waals surface area contributed by atoms with Crippen LogP contribution < -0.4 is 15.8 Å². The van der Waals surface area contributed by atoms with Gasteiger partial charge in [-0.1, -0.05) is 18.2 Å². The molecule has 36 heavy (non-hydrogen) atoms. The minimum Gasteiger partial charge on any atom is -0.404 e. The molecule has 0 saturated carbocycles. The van der Waals surface area contributed by atoms with Gasteiger partial charge in [0.2, 0.25) is 5.91 Å². The van der Waals surface area contributed by atoms with Gasteiger partial charge in [0.05, 0.1) is 12.0 Å². The van der Waals surface area contributed by atoms with Crippen molar-refractivity contribution in [3.05, 3.63) is 71.2 Å². The molecule has 0 bridgehead atoms.